The zero-order valence-electron chi connectivity index (χ0n) is 14.2. The number of ether oxygens (including phenoxy) is 1. The van der Waals surface area contributed by atoms with Crippen molar-refractivity contribution in [3.8, 4) is 0 Å². The molecule has 0 aliphatic heterocycles. The van der Waals surface area contributed by atoms with Crippen molar-refractivity contribution in [2.24, 2.45) is 4.99 Å². The van der Waals surface area contributed by atoms with E-state index in [9.17, 15) is 0 Å². The number of hydrogen-bond donors (Lipinski definition) is 2. The third-order valence-electron chi connectivity index (χ3n) is 3.93. The first-order valence-corrected chi connectivity index (χ1v) is 8.60. The van der Waals surface area contributed by atoms with Crippen molar-refractivity contribution in [2.45, 2.75) is 44.8 Å². The number of benzene rings is 1. The predicted molar refractivity (Wildman–Crippen MR) is 111 cm³/mol. The summed E-state index contributed by atoms with van der Waals surface area (Å²) in [5, 5.41) is 6.83. The van der Waals surface area contributed by atoms with Crippen molar-refractivity contribution in [3.05, 3.63) is 34.3 Å². The fourth-order valence-electron chi connectivity index (χ4n) is 2.26. The molecule has 1 fully saturated rings. The molecule has 1 saturated carbocycles. The summed E-state index contributed by atoms with van der Waals surface area (Å²) in [6.07, 6.45) is 1.15. The fourth-order valence-corrected chi connectivity index (χ4v) is 2.53. The second kappa shape index (κ2) is 9.22. The van der Waals surface area contributed by atoms with Gasteiger partial charge in [-0.2, -0.15) is 0 Å². The van der Waals surface area contributed by atoms with Crippen molar-refractivity contribution >= 4 is 45.9 Å². The Balaban J connectivity index is 0.00000264. The average Bonchev–Trinajstić information content (AvgIpc) is 3.25. The maximum Gasteiger partial charge on any atom is 0.191 e. The molecule has 2 atom stereocenters. The maximum atomic E-state index is 5.42. The molecule has 0 aromatic heterocycles. The van der Waals surface area contributed by atoms with Crippen LogP contribution < -0.4 is 10.6 Å². The molecule has 0 spiro atoms. The highest BCUT2D eigenvalue weighted by Gasteiger charge is 2.39. The number of methoxy groups -OCH3 is 1. The van der Waals surface area contributed by atoms with Gasteiger partial charge in [0.2, 0.25) is 0 Å². The van der Waals surface area contributed by atoms with Gasteiger partial charge in [0, 0.05) is 30.1 Å². The van der Waals surface area contributed by atoms with E-state index in [1.807, 2.05) is 13.8 Å². The minimum absolute atomic E-state index is 0. The average molecular weight is 496 g/mol. The third-order valence-corrected chi connectivity index (χ3v) is 4.45. The fraction of sp³-hybridized carbons (Fsp3) is 0.588. The topological polar surface area (TPSA) is 45.7 Å². The smallest absolute Gasteiger partial charge is 0.191 e. The number of guanidine groups is 1. The van der Waals surface area contributed by atoms with E-state index in [0.29, 0.717) is 18.5 Å². The SMILES string of the molecule is CCNC(=NCC(C)(C)OC)NC1CC1c1ccc(Br)cc1.I. The molecule has 0 amide bonds. The van der Waals surface area contributed by atoms with Crippen LogP contribution in [0.4, 0.5) is 0 Å². The molecule has 6 heteroatoms. The highest BCUT2D eigenvalue weighted by molar-refractivity contribution is 14.0. The lowest BCUT2D eigenvalue weighted by atomic mass is 10.1. The Morgan fingerprint density at radius 2 is 2.00 bits per heavy atom. The molecule has 1 aliphatic carbocycles. The molecular formula is C17H27BrIN3O. The van der Waals surface area contributed by atoms with Gasteiger partial charge < -0.3 is 15.4 Å². The van der Waals surface area contributed by atoms with E-state index >= 15 is 0 Å². The lowest BCUT2D eigenvalue weighted by Crippen LogP contribution is -2.40. The van der Waals surface area contributed by atoms with Gasteiger partial charge in [-0.05, 0) is 44.9 Å². The van der Waals surface area contributed by atoms with E-state index in [-0.39, 0.29) is 29.6 Å². The van der Waals surface area contributed by atoms with Gasteiger partial charge in [-0.1, -0.05) is 28.1 Å². The van der Waals surface area contributed by atoms with Crippen LogP contribution in [0.25, 0.3) is 0 Å². The molecule has 1 aromatic rings. The highest BCUT2D eigenvalue weighted by Crippen LogP contribution is 2.40. The summed E-state index contributed by atoms with van der Waals surface area (Å²) in [6, 6.07) is 9.05. The number of rotatable bonds is 6. The van der Waals surface area contributed by atoms with Crippen molar-refractivity contribution in [3.63, 3.8) is 0 Å². The Hall–Kier alpha value is -0.340. The van der Waals surface area contributed by atoms with E-state index < -0.39 is 0 Å². The van der Waals surface area contributed by atoms with E-state index in [1.165, 1.54) is 5.56 Å². The Morgan fingerprint density at radius 3 is 2.57 bits per heavy atom. The molecule has 23 heavy (non-hydrogen) atoms. The summed E-state index contributed by atoms with van der Waals surface area (Å²) in [5.74, 6) is 1.45. The third kappa shape index (κ3) is 6.58. The summed E-state index contributed by atoms with van der Waals surface area (Å²) < 4.78 is 6.54. The van der Waals surface area contributed by atoms with Crippen molar-refractivity contribution in [1.82, 2.24) is 10.6 Å². The number of halogens is 2. The van der Waals surface area contributed by atoms with Crippen molar-refractivity contribution in [2.75, 3.05) is 20.2 Å². The lowest BCUT2D eigenvalue weighted by molar-refractivity contribution is 0.0310. The van der Waals surface area contributed by atoms with Crippen LogP contribution in [0.2, 0.25) is 0 Å². The van der Waals surface area contributed by atoms with Crippen molar-refractivity contribution < 1.29 is 4.74 Å². The van der Waals surface area contributed by atoms with E-state index in [1.54, 1.807) is 7.11 Å². The van der Waals surface area contributed by atoms with Gasteiger partial charge in [-0.25, -0.2) is 0 Å². The van der Waals surface area contributed by atoms with E-state index in [4.69, 9.17) is 4.74 Å². The Bertz CT molecular complexity index is 519. The molecular weight excluding hydrogens is 469 g/mol. The molecule has 0 bridgehead atoms. The van der Waals surface area contributed by atoms with Gasteiger partial charge in [0.1, 0.15) is 0 Å². The molecule has 2 unspecified atom stereocenters. The lowest BCUT2D eigenvalue weighted by Gasteiger charge is -2.21. The van der Waals surface area contributed by atoms with Gasteiger partial charge in [0.25, 0.3) is 0 Å². The van der Waals surface area contributed by atoms with E-state index in [0.717, 1.165) is 23.4 Å². The molecule has 0 radical (unpaired) electrons. The minimum atomic E-state index is -0.239. The van der Waals surface area contributed by atoms with Crippen LogP contribution in [-0.4, -0.2) is 37.8 Å². The van der Waals surface area contributed by atoms with Gasteiger partial charge in [0.15, 0.2) is 5.96 Å². The molecule has 2 rings (SSSR count). The Morgan fingerprint density at radius 1 is 1.35 bits per heavy atom. The van der Waals surface area contributed by atoms with Gasteiger partial charge in [-0.3, -0.25) is 4.99 Å². The summed E-state index contributed by atoms with van der Waals surface area (Å²) in [4.78, 5) is 4.64. The van der Waals surface area contributed by atoms with Gasteiger partial charge in [0.05, 0.1) is 12.1 Å². The standard InChI is InChI=1S/C17H26BrN3O.HI/c1-5-19-16(20-11-17(2,3)22-4)21-15-10-14(15)12-6-8-13(18)9-7-12;/h6-9,14-15H,5,10-11H2,1-4H3,(H2,19,20,21);1H. The maximum absolute atomic E-state index is 5.42. The van der Waals surface area contributed by atoms with Crippen LogP contribution in [0, 0.1) is 0 Å². The van der Waals surface area contributed by atoms with Crippen LogP contribution in [-0.2, 0) is 4.74 Å². The van der Waals surface area contributed by atoms with Crippen LogP contribution in [0.15, 0.2) is 33.7 Å². The Kier molecular flexibility index (Phi) is 8.30. The second-order valence-electron chi connectivity index (χ2n) is 6.30. The normalized spacial score (nSPS) is 20.7. The highest BCUT2D eigenvalue weighted by atomic mass is 127. The molecule has 0 saturated heterocycles. The summed E-state index contributed by atoms with van der Waals surface area (Å²) >= 11 is 3.48. The summed E-state index contributed by atoms with van der Waals surface area (Å²) in [7, 11) is 1.72. The number of aliphatic imine (C=N–C) groups is 1. The second-order valence-corrected chi connectivity index (χ2v) is 7.22. The number of nitrogens with one attached hydrogen (secondary N) is 2. The first-order valence-electron chi connectivity index (χ1n) is 7.80. The monoisotopic (exact) mass is 495 g/mol. The van der Waals surface area contributed by atoms with Gasteiger partial charge in [-0.15, -0.1) is 24.0 Å². The number of nitrogens with zero attached hydrogens (tertiary/aromatic N) is 1. The van der Waals surface area contributed by atoms with Crippen LogP contribution >= 0.6 is 39.9 Å². The quantitative estimate of drug-likeness (QED) is 0.357. The summed E-state index contributed by atoms with van der Waals surface area (Å²) in [5.41, 5.74) is 1.14. The van der Waals surface area contributed by atoms with Crippen LogP contribution in [0.3, 0.4) is 0 Å². The largest absolute Gasteiger partial charge is 0.377 e. The Labute approximate surface area is 165 Å². The van der Waals surface area contributed by atoms with Crippen molar-refractivity contribution in [1.29, 1.82) is 0 Å². The predicted octanol–water partition coefficient (Wildman–Crippen LogP) is 3.90. The number of hydrogen-bond acceptors (Lipinski definition) is 2. The molecule has 1 aliphatic rings. The molecule has 130 valence electrons. The zero-order chi connectivity index (χ0) is 16.2. The zero-order valence-corrected chi connectivity index (χ0v) is 18.1. The minimum Gasteiger partial charge on any atom is -0.377 e. The molecule has 2 N–H and O–H groups in total. The first-order chi connectivity index (χ1) is 10.4. The first kappa shape index (κ1) is 20.7. The summed E-state index contributed by atoms with van der Waals surface area (Å²) in [6.45, 7) is 7.66. The van der Waals surface area contributed by atoms with Gasteiger partial charge >= 0.3 is 0 Å². The van der Waals surface area contributed by atoms with Crippen LogP contribution in [0.1, 0.15) is 38.7 Å². The molecule has 1 aromatic carbocycles. The van der Waals surface area contributed by atoms with Crippen LogP contribution in [0.5, 0.6) is 0 Å². The molecule has 4 nitrogen and oxygen atoms in total. The van der Waals surface area contributed by atoms with E-state index in [2.05, 4.69) is 62.7 Å². The molecule has 0 heterocycles.